The number of benzene rings is 1. The smallest absolute Gasteiger partial charge is 0.157 e. The van der Waals surface area contributed by atoms with Gasteiger partial charge in [0, 0.05) is 13.2 Å². The fraction of sp³-hybridized carbons (Fsp3) is 0.647. The van der Waals surface area contributed by atoms with Crippen molar-refractivity contribution in [1.29, 1.82) is 0 Å². The van der Waals surface area contributed by atoms with Crippen LogP contribution in [0.15, 0.2) is 24.3 Å². The summed E-state index contributed by atoms with van der Waals surface area (Å²) in [6, 6.07) is 8.13. The summed E-state index contributed by atoms with van der Waals surface area (Å²) in [4.78, 5) is 0. The predicted octanol–water partition coefficient (Wildman–Crippen LogP) is 2.92. The molecule has 1 aliphatic rings. The Morgan fingerprint density at radius 2 is 1.95 bits per heavy atom. The number of hydrogen-bond donors (Lipinski definition) is 1. The van der Waals surface area contributed by atoms with E-state index < -0.39 is 0 Å². The maximum absolute atomic E-state index is 8.70. The Kier molecular flexibility index (Phi) is 7.57. The minimum atomic E-state index is -0.00659. The molecule has 0 bridgehead atoms. The lowest BCUT2D eigenvalue weighted by Crippen LogP contribution is -2.23. The minimum Gasteiger partial charge on any atom is -0.494 e. The first kappa shape index (κ1) is 16.3. The molecule has 0 aromatic heterocycles. The van der Waals surface area contributed by atoms with Crippen LogP contribution in [0.2, 0.25) is 0 Å². The van der Waals surface area contributed by atoms with Crippen molar-refractivity contribution in [3.8, 4) is 5.75 Å². The quantitative estimate of drug-likeness (QED) is 0.711. The molecular weight excluding hydrogens is 268 g/mol. The Bertz CT molecular complexity index is 371. The van der Waals surface area contributed by atoms with E-state index in [2.05, 4.69) is 12.1 Å². The van der Waals surface area contributed by atoms with Gasteiger partial charge in [0.2, 0.25) is 0 Å². The first-order valence-electron chi connectivity index (χ1n) is 7.94. The first-order chi connectivity index (χ1) is 10.4. The van der Waals surface area contributed by atoms with Crippen molar-refractivity contribution in [2.75, 3.05) is 26.4 Å². The second kappa shape index (κ2) is 9.77. The summed E-state index contributed by atoms with van der Waals surface area (Å²) < 4.78 is 16.9. The average molecular weight is 294 g/mol. The van der Waals surface area contributed by atoms with Gasteiger partial charge in [0.05, 0.1) is 13.2 Å². The van der Waals surface area contributed by atoms with E-state index in [4.69, 9.17) is 19.3 Å². The minimum absolute atomic E-state index is 0.00659. The molecule has 0 radical (unpaired) electrons. The molecule has 1 aliphatic heterocycles. The van der Waals surface area contributed by atoms with E-state index in [0.29, 0.717) is 13.2 Å². The van der Waals surface area contributed by atoms with Crippen molar-refractivity contribution < 1.29 is 19.3 Å². The normalized spacial score (nSPS) is 18.6. The molecule has 2 rings (SSSR count). The number of ether oxygens (including phenoxy) is 3. The maximum Gasteiger partial charge on any atom is 0.157 e. The van der Waals surface area contributed by atoms with E-state index in [1.807, 2.05) is 12.1 Å². The van der Waals surface area contributed by atoms with Gasteiger partial charge < -0.3 is 19.3 Å². The van der Waals surface area contributed by atoms with E-state index in [-0.39, 0.29) is 12.9 Å². The topological polar surface area (TPSA) is 47.9 Å². The lowest BCUT2D eigenvalue weighted by atomic mass is 10.1. The molecule has 4 nitrogen and oxygen atoms in total. The number of unbranched alkanes of at least 4 members (excludes halogenated alkanes) is 1. The SMILES string of the molecule is OCCCCOc1ccc(CCOC2CCCCO2)cc1. The predicted molar refractivity (Wildman–Crippen MR) is 81.5 cm³/mol. The van der Waals surface area contributed by atoms with E-state index >= 15 is 0 Å². The van der Waals surface area contributed by atoms with Crippen LogP contribution in [0.3, 0.4) is 0 Å². The molecule has 0 saturated carbocycles. The summed E-state index contributed by atoms with van der Waals surface area (Å²) in [6.45, 7) is 2.41. The van der Waals surface area contributed by atoms with Gasteiger partial charge in [-0.15, -0.1) is 0 Å². The molecular formula is C17H26O4. The molecule has 0 spiro atoms. The summed E-state index contributed by atoms with van der Waals surface area (Å²) in [5.41, 5.74) is 1.24. The number of aliphatic hydroxyl groups is 1. The van der Waals surface area contributed by atoms with Crippen LogP contribution in [0.5, 0.6) is 5.75 Å². The second-order valence-electron chi connectivity index (χ2n) is 5.34. The molecule has 1 N–H and O–H groups in total. The zero-order chi connectivity index (χ0) is 14.8. The zero-order valence-corrected chi connectivity index (χ0v) is 12.6. The monoisotopic (exact) mass is 294 g/mol. The third-order valence-corrected chi connectivity index (χ3v) is 3.58. The molecule has 0 aliphatic carbocycles. The van der Waals surface area contributed by atoms with Crippen molar-refractivity contribution >= 4 is 0 Å². The van der Waals surface area contributed by atoms with Crippen LogP contribution in [0.25, 0.3) is 0 Å². The summed E-state index contributed by atoms with van der Waals surface area (Å²) in [5.74, 6) is 0.883. The zero-order valence-electron chi connectivity index (χ0n) is 12.6. The van der Waals surface area contributed by atoms with Gasteiger partial charge in [-0.2, -0.15) is 0 Å². The molecule has 0 amide bonds. The van der Waals surface area contributed by atoms with E-state index in [1.165, 1.54) is 12.0 Å². The third kappa shape index (κ3) is 6.46. The highest BCUT2D eigenvalue weighted by molar-refractivity contribution is 5.27. The third-order valence-electron chi connectivity index (χ3n) is 3.58. The number of aliphatic hydroxyl groups excluding tert-OH is 1. The van der Waals surface area contributed by atoms with Crippen LogP contribution in [-0.2, 0) is 15.9 Å². The van der Waals surface area contributed by atoms with E-state index in [9.17, 15) is 0 Å². The van der Waals surface area contributed by atoms with Crippen molar-refractivity contribution in [3.63, 3.8) is 0 Å². The molecule has 1 unspecified atom stereocenters. The standard InChI is InChI=1S/C17H26O4/c18-11-2-4-12-19-16-8-6-15(7-9-16)10-14-21-17-5-1-3-13-20-17/h6-9,17-18H,1-5,10-14H2. The van der Waals surface area contributed by atoms with Crippen LogP contribution in [-0.4, -0.2) is 37.8 Å². The van der Waals surface area contributed by atoms with Gasteiger partial charge >= 0.3 is 0 Å². The molecule has 1 aromatic carbocycles. The Labute approximate surface area is 127 Å². The van der Waals surface area contributed by atoms with Crippen LogP contribution < -0.4 is 4.74 Å². The molecule has 21 heavy (non-hydrogen) atoms. The molecule has 1 heterocycles. The van der Waals surface area contributed by atoms with Crippen LogP contribution in [0, 0.1) is 0 Å². The van der Waals surface area contributed by atoms with Crippen LogP contribution in [0.1, 0.15) is 37.7 Å². The van der Waals surface area contributed by atoms with Crippen LogP contribution >= 0.6 is 0 Å². The molecule has 118 valence electrons. The average Bonchev–Trinajstić information content (AvgIpc) is 2.54. The first-order valence-corrected chi connectivity index (χ1v) is 7.94. The lowest BCUT2D eigenvalue weighted by molar-refractivity contribution is -0.161. The number of rotatable bonds is 9. The fourth-order valence-corrected chi connectivity index (χ4v) is 2.31. The fourth-order valence-electron chi connectivity index (χ4n) is 2.31. The van der Waals surface area contributed by atoms with Gasteiger partial charge in [-0.05, 0) is 56.2 Å². The lowest BCUT2D eigenvalue weighted by Gasteiger charge is -2.22. The molecule has 1 atom stereocenters. The Morgan fingerprint density at radius 3 is 2.67 bits per heavy atom. The largest absolute Gasteiger partial charge is 0.494 e. The van der Waals surface area contributed by atoms with Gasteiger partial charge in [0.15, 0.2) is 6.29 Å². The van der Waals surface area contributed by atoms with E-state index in [0.717, 1.165) is 44.5 Å². The summed E-state index contributed by atoms with van der Waals surface area (Å²) in [5, 5.41) is 8.70. The highest BCUT2D eigenvalue weighted by atomic mass is 16.7. The maximum atomic E-state index is 8.70. The van der Waals surface area contributed by atoms with E-state index in [1.54, 1.807) is 0 Å². The molecule has 1 aromatic rings. The second-order valence-corrected chi connectivity index (χ2v) is 5.34. The Balaban J connectivity index is 1.62. The summed E-state index contributed by atoms with van der Waals surface area (Å²) >= 11 is 0. The Morgan fingerprint density at radius 1 is 1.10 bits per heavy atom. The van der Waals surface area contributed by atoms with Gasteiger partial charge in [-0.1, -0.05) is 12.1 Å². The van der Waals surface area contributed by atoms with Crippen molar-refractivity contribution in [2.24, 2.45) is 0 Å². The summed E-state index contributed by atoms with van der Waals surface area (Å²) in [7, 11) is 0. The highest BCUT2D eigenvalue weighted by Crippen LogP contribution is 2.16. The summed E-state index contributed by atoms with van der Waals surface area (Å²) in [6.07, 6.45) is 5.93. The highest BCUT2D eigenvalue weighted by Gasteiger charge is 2.13. The Hall–Kier alpha value is -1.10. The molecule has 1 saturated heterocycles. The van der Waals surface area contributed by atoms with Gasteiger partial charge in [0.25, 0.3) is 0 Å². The van der Waals surface area contributed by atoms with Crippen molar-refractivity contribution in [2.45, 2.75) is 44.8 Å². The van der Waals surface area contributed by atoms with Gasteiger partial charge in [-0.25, -0.2) is 0 Å². The van der Waals surface area contributed by atoms with Gasteiger partial charge in [0.1, 0.15) is 5.75 Å². The number of hydrogen-bond acceptors (Lipinski definition) is 4. The molecule has 1 fully saturated rings. The molecule has 4 heteroatoms. The van der Waals surface area contributed by atoms with Gasteiger partial charge in [-0.3, -0.25) is 0 Å². The van der Waals surface area contributed by atoms with Crippen molar-refractivity contribution in [1.82, 2.24) is 0 Å². The van der Waals surface area contributed by atoms with Crippen LogP contribution in [0.4, 0.5) is 0 Å². The van der Waals surface area contributed by atoms with Crippen molar-refractivity contribution in [3.05, 3.63) is 29.8 Å².